The van der Waals surface area contributed by atoms with Gasteiger partial charge in [-0.2, -0.15) is 0 Å². The number of Topliss-reactive ketones (excluding diaryl/α,β-unsaturated/α-hetero) is 1. The fraction of sp³-hybridized carbons (Fsp3) is 0.385. The predicted octanol–water partition coefficient (Wildman–Crippen LogP) is 2.26. The van der Waals surface area contributed by atoms with Crippen molar-refractivity contribution in [1.82, 2.24) is 0 Å². The highest BCUT2D eigenvalue weighted by Crippen LogP contribution is 2.15. The third kappa shape index (κ3) is 5.46. The second-order valence-corrected chi connectivity index (χ2v) is 3.71. The Kier molecular flexibility index (Phi) is 5.92. The summed E-state index contributed by atoms with van der Waals surface area (Å²) < 4.78 is 35.1. The van der Waals surface area contributed by atoms with Crippen molar-refractivity contribution in [3.05, 3.63) is 29.8 Å². The van der Waals surface area contributed by atoms with E-state index in [1.54, 1.807) is 6.92 Å². The summed E-state index contributed by atoms with van der Waals surface area (Å²) in [6.07, 6.45) is -0.0314. The van der Waals surface area contributed by atoms with Crippen LogP contribution in [0.3, 0.4) is 0 Å². The maximum atomic E-state index is 12.8. The first-order valence-electron chi connectivity index (χ1n) is 5.78. The summed E-state index contributed by atoms with van der Waals surface area (Å²) in [5.41, 5.74) is 0. The lowest BCUT2D eigenvalue weighted by atomic mass is 10.2. The van der Waals surface area contributed by atoms with Crippen molar-refractivity contribution in [2.45, 2.75) is 19.8 Å². The van der Waals surface area contributed by atoms with Crippen LogP contribution in [0, 0.1) is 11.6 Å². The maximum absolute atomic E-state index is 12.8. The van der Waals surface area contributed by atoms with Gasteiger partial charge in [0.15, 0.2) is 17.4 Å². The van der Waals surface area contributed by atoms with Crippen molar-refractivity contribution in [3.8, 4) is 5.75 Å². The molecule has 0 aromatic heterocycles. The SMILES string of the molecule is CCOC(=O)CCC(=O)COc1ccc(F)c(F)c1. The summed E-state index contributed by atoms with van der Waals surface area (Å²) in [6.45, 7) is 1.63. The van der Waals surface area contributed by atoms with Crippen LogP contribution in [-0.4, -0.2) is 25.0 Å². The van der Waals surface area contributed by atoms with E-state index in [4.69, 9.17) is 4.74 Å². The topological polar surface area (TPSA) is 52.6 Å². The molecule has 0 saturated heterocycles. The quantitative estimate of drug-likeness (QED) is 0.714. The van der Waals surface area contributed by atoms with E-state index >= 15 is 0 Å². The molecule has 1 rings (SSSR count). The number of esters is 1. The Bertz CT molecular complexity index is 460. The molecule has 0 heterocycles. The molecule has 0 unspecified atom stereocenters. The molecule has 0 saturated carbocycles. The largest absolute Gasteiger partial charge is 0.486 e. The van der Waals surface area contributed by atoms with Crippen LogP contribution in [0.2, 0.25) is 0 Å². The highest BCUT2D eigenvalue weighted by molar-refractivity contribution is 5.84. The summed E-state index contributed by atoms with van der Waals surface area (Å²) in [4.78, 5) is 22.4. The van der Waals surface area contributed by atoms with E-state index in [0.29, 0.717) is 0 Å². The van der Waals surface area contributed by atoms with Gasteiger partial charge in [0.25, 0.3) is 0 Å². The fourth-order valence-corrected chi connectivity index (χ4v) is 1.28. The number of hydrogen-bond acceptors (Lipinski definition) is 4. The lowest BCUT2D eigenvalue weighted by molar-refractivity contribution is -0.144. The van der Waals surface area contributed by atoms with E-state index in [-0.39, 0.29) is 37.6 Å². The van der Waals surface area contributed by atoms with Crippen molar-refractivity contribution in [3.63, 3.8) is 0 Å². The molecule has 0 aliphatic rings. The van der Waals surface area contributed by atoms with Gasteiger partial charge < -0.3 is 9.47 Å². The molecule has 0 N–H and O–H groups in total. The maximum Gasteiger partial charge on any atom is 0.306 e. The van der Waals surface area contributed by atoms with Gasteiger partial charge in [-0.25, -0.2) is 8.78 Å². The minimum absolute atomic E-state index is 0.0114. The molecule has 1 aromatic rings. The van der Waals surface area contributed by atoms with Crippen LogP contribution in [0.5, 0.6) is 5.75 Å². The van der Waals surface area contributed by atoms with Gasteiger partial charge in [-0.3, -0.25) is 9.59 Å². The molecule has 0 spiro atoms. The molecule has 0 aliphatic carbocycles. The van der Waals surface area contributed by atoms with Gasteiger partial charge in [0.2, 0.25) is 0 Å². The zero-order valence-electron chi connectivity index (χ0n) is 10.4. The third-order valence-corrected chi connectivity index (χ3v) is 2.20. The van der Waals surface area contributed by atoms with Gasteiger partial charge in [0.05, 0.1) is 13.0 Å². The standard InChI is InChI=1S/C13H14F2O4/c1-2-18-13(17)6-3-9(16)8-19-10-4-5-11(14)12(15)7-10/h4-5,7H,2-3,6,8H2,1H3. The second-order valence-electron chi connectivity index (χ2n) is 3.71. The van der Waals surface area contributed by atoms with Gasteiger partial charge in [-0.15, -0.1) is 0 Å². The van der Waals surface area contributed by atoms with E-state index in [9.17, 15) is 18.4 Å². The first kappa shape index (κ1) is 15.1. The molecular formula is C13H14F2O4. The highest BCUT2D eigenvalue weighted by Gasteiger charge is 2.09. The third-order valence-electron chi connectivity index (χ3n) is 2.20. The minimum Gasteiger partial charge on any atom is -0.486 e. The summed E-state index contributed by atoms with van der Waals surface area (Å²) in [7, 11) is 0. The van der Waals surface area contributed by atoms with Crippen molar-refractivity contribution < 1.29 is 27.8 Å². The summed E-state index contributed by atoms with van der Waals surface area (Å²) >= 11 is 0. The molecule has 1 aromatic carbocycles. The number of carbonyl (C=O) groups excluding carboxylic acids is 2. The first-order chi connectivity index (χ1) is 9.02. The van der Waals surface area contributed by atoms with E-state index in [1.807, 2.05) is 0 Å². The van der Waals surface area contributed by atoms with Crippen LogP contribution in [0.1, 0.15) is 19.8 Å². The van der Waals surface area contributed by atoms with Crippen LogP contribution in [0.25, 0.3) is 0 Å². The number of halogens is 2. The Morgan fingerprint density at radius 3 is 2.53 bits per heavy atom. The normalized spacial score (nSPS) is 10.1. The molecule has 4 nitrogen and oxygen atoms in total. The first-order valence-corrected chi connectivity index (χ1v) is 5.78. The molecule has 0 fully saturated rings. The van der Waals surface area contributed by atoms with Gasteiger partial charge in [-0.1, -0.05) is 0 Å². The van der Waals surface area contributed by atoms with Gasteiger partial charge in [0.1, 0.15) is 12.4 Å². The Hall–Kier alpha value is -1.98. The average Bonchev–Trinajstić information content (AvgIpc) is 2.38. The Morgan fingerprint density at radius 1 is 1.16 bits per heavy atom. The van der Waals surface area contributed by atoms with Crippen LogP contribution >= 0.6 is 0 Å². The molecule has 104 valence electrons. The fourth-order valence-electron chi connectivity index (χ4n) is 1.28. The highest BCUT2D eigenvalue weighted by atomic mass is 19.2. The van der Waals surface area contributed by atoms with Crippen LogP contribution in [0.4, 0.5) is 8.78 Å². The lowest BCUT2D eigenvalue weighted by Crippen LogP contribution is -2.14. The van der Waals surface area contributed by atoms with Crippen LogP contribution < -0.4 is 4.74 Å². The van der Waals surface area contributed by atoms with E-state index < -0.39 is 17.6 Å². The molecule has 0 amide bonds. The summed E-state index contributed by atoms with van der Waals surface area (Å²) in [5.74, 6) is -2.75. The number of benzene rings is 1. The van der Waals surface area contributed by atoms with Crippen molar-refractivity contribution in [2.24, 2.45) is 0 Å². The lowest BCUT2D eigenvalue weighted by Gasteiger charge is -2.05. The number of carbonyl (C=O) groups is 2. The Labute approximate surface area is 109 Å². The van der Waals surface area contributed by atoms with E-state index in [1.165, 1.54) is 6.07 Å². The van der Waals surface area contributed by atoms with Crippen LogP contribution in [-0.2, 0) is 14.3 Å². The molecule has 0 atom stereocenters. The zero-order chi connectivity index (χ0) is 14.3. The smallest absolute Gasteiger partial charge is 0.306 e. The summed E-state index contributed by atoms with van der Waals surface area (Å²) in [6, 6.07) is 2.98. The number of ether oxygens (including phenoxy) is 2. The molecule has 19 heavy (non-hydrogen) atoms. The Morgan fingerprint density at radius 2 is 1.89 bits per heavy atom. The van der Waals surface area contributed by atoms with Crippen molar-refractivity contribution in [1.29, 1.82) is 0 Å². The zero-order valence-corrected chi connectivity index (χ0v) is 10.4. The van der Waals surface area contributed by atoms with Gasteiger partial charge in [-0.05, 0) is 19.1 Å². The molecule has 0 aliphatic heterocycles. The van der Waals surface area contributed by atoms with Gasteiger partial charge in [0, 0.05) is 12.5 Å². The van der Waals surface area contributed by atoms with Crippen molar-refractivity contribution >= 4 is 11.8 Å². The number of hydrogen-bond donors (Lipinski definition) is 0. The number of ketones is 1. The van der Waals surface area contributed by atoms with Gasteiger partial charge >= 0.3 is 5.97 Å². The minimum atomic E-state index is -1.04. The van der Waals surface area contributed by atoms with E-state index in [0.717, 1.165) is 12.1 Å². The summed E-state index contributed by atoms with van der Waals surface area (Å²) in [5, 5.41) is 0. The second kappa shape index (κ2) is 7.45. The van der Waals surface area contributed by atoms with Crippen molar-refractivity contribution in [2.75, 3.05) is 13.2 Å². The monoisotopic (exact) mass is 272 g/mol. The molecule has 0 radical (unpaired) electrons. The van der Waals surface area contributed by atoms with Crippen LogP contribution in [0.15, 0.2) is 18.2 Å². The average molecular weight is 272 g/mol. The molecular weight excluding hydrogens is 258 g/mol. The number of rotatable bonds is 7. The molecule has 0 bridgehead atoms. The van der Waals surface area contributed by atoms with E-state index in [2.05, 4.69) is 4.74 Å². The Balaban J connectivity index is 2.33. The molecule has 6 heteroatoms. The predicted molar refractivity (Wildman–Crippen MR) is 62.7 cm³/mol.